The van der Waals surface area contributed by atoms with Gasteiger partial charge in [0.15, 0.2) is 0 Å². The number of hydrogen-bond acceptors (Lipinski definition) is 2. The normalized spacial score (nSPS) is 10.5. The summed E-state index contributed by atoms with van der Waals surface area (Å²) in [6.45, 7) is 0. The van der Waals surface area contributed by atoms with E-state index in [1.165, 1.54) is 6.07 Å². The fourth-order valence-electron chi connectivity index (χ4n) is 1.30. The maximum absolute atomic E-state index is 9.46. The van der Waals surface area contributed by atoms with E-state index in [9.17, 15) is 10.2 Å². The number of hydrogen-bond donors (Lipinski definition) is 2. The van der Waals surface area contributed by atoms with Crippen molar-refractivity contribution in [3.8, 4) is 11.5 Å². The minimum Gasteiger partial charge on any atom is -0.508 e. The van der Waals surface area contributed by atoms with Crippen LogP contribution in [0.25, 0.3) is 10.8 Å². The van der Waals surface area contributed by atoms with Gasteiger partial charge in [0.1, 0.15) is 11.5 Å². The zero-order valence-corrected chi connectivity index (χ0v) is 7.42. The standard InChI is InChI=1S/C10H7ClO2/c11-7-2-1-6-3-8(12)5-10(13)9(6)4-7/h1-5,12-13H. The molecule has 2 aromatic rings. The summed E-state index contributed by atoms with van der Waals surface area (Å²) in [5.74, 6) is 0.0878. The van der Waals surface area contributed by atoms with E-state index in [1.807, 2.05) is 0 Å². The second-order valence-corrected chi connectivity index (χ2v) is 3.27. The smallest absolute Gasteiger partial charge is 0.127 e. The second kappa shape index (κ2) is 2.82. The molecule has 0 aliphatic rings. The van der Waals surface area contributed by atoms with Crippen molar-refractivity contribution in [2.45, 2.75) is 0 Å². The molecule has 0 radical (unpaired) electrons. The van der Waals surface area contributed by atoms with Gasteiger partial charge in [-0.1, -0.05) is 17.7 Å². The lowest BCUT2D eigenvalue weighted by atomic mass is 10.1. The molecule has 0 saturated heterocycles. The van der Waals surface area contributed by atoms with Crippen LogP contribution < -0.4 is 0 Å². The summed E-state index contributed by atoms with van der Waals surface area (Å²) in [6, 6.07) is 7.98. The van der Waals surface area contributed by atoms with E-state index < -0.39 is 0 Å². The number of phenolic OH excluding ortho intramolecular Hbond substituents is 2. The van der Waals surface area contributed by atoms with Gasteiger partial charge in [-0.25, -0.2) is 0 Å². The van der Waals surface area contributed by atoms with Crippen molar-refractivity contribution in [3.63, 3.8) is 0 Å². The lowest BCUT2D eigenvalue weighted by molar-refractivity contribution is 0.455. The highest BCUT2D eigenvalue weighted by Crippen LogP contribution is 2.31. The van der Waals surface area contributed by atoms with Crippen LogP contribution in [0.4, 0.5) is 0 Å². The van der Waals surface area contributed by atoms with Gasteiger partial charge >= 0.3 is 0 Å². The van der Waals surface area contributed by atoms with Crippen molar-refractivity contribution in [2.24, 2.45) is 0 Å². The van der Waals surface area contributed by atoms with E-state index in [0.717, 1.165) is 5.39 Å². The van der Waals surface area contributed by atoms with E-state index in [0.29, 0.717) is 10.4 Å². The van der Waals surface area contributed by atoms with Crippen LogP contribution in [0, 0.1) is 0 Å². The zero-order valence-electron chi connectivity index (χ0n) is 6.66. The van der Waals surface area contributed by atoms with Gasteiger partial charge in [-0.15, -0.1) is 0 Å². The molecule has 0 saturated carbocycles. The molecule has 0 heterocycles. The van der Waals surface area contributed by atoms with Gasteiger partial charge in [0.25, 0.3) is 0 Å². The Balaban J connectivity index is 2.87. The second-order valence-electron chi connectivity index (χ2n) is 2.83. The third-order valence-electron chi connectivity index (χ3n) is 1.88. The van der Waals surface area contributed by atoms with Crippen LogP contribution >= 0.6 is 11.6 Å². The highest BCUT2D eigenvalue weighted by atomic mass is 35.5. The van der Waals surface area contributed by atoms with Crippen molar-refractivity contribution in [2.75, 3.05) is 0 Å². The van der Waals surface area contributed by atoms with Crippen LogP contribution in [0.15, 0.2) is 30.3 Å². The molecule has 2 N–H and O–H groups in total. The first-order valence-electron chi connectivity index (χ1n) is 3.78. The van der Waals surface area contributed by atoms with Crippen LogP contribution in [0.5, 0.6) is 11.5 Å². The van der Waals surface area contributed by atoms with Crippen LogP contribution in [0.3, 0.4) is 0 Å². The number of halogens is 1. The van der Waals surface area contributed by atoms with Crippen molar-refractivity contribution in [3.05, 3.63) is 35.4 Å². The molecular formula is C10H7ClO2. The van der Waals surface area contributed by atoms with E-state index in [-0.39, 0.29) is 11.5 Å². The van der Waals surface area contributed by atoms with Gasteiger partial charge < -0.3 is 10.2 Å². The summed E-state index contributed by atoms with van der Waals surface area (Å²) in [7, 11) is 0. The maximum Gasteiger partial charge on any atom is 0.127 e. The highest BCUT2D eigenvalue weighted by Gasteiger charge is 2.02. The summed E-state index contributed by atoms with van der Waals surface area (Å²) < 4.78 is 0. The summed E-state index contributed by atoms with van der Waals surface area (Å²) in [5.41, 5.74) is 0. The summed E-state index contributed by atoms with van der Waals surface area (Å²) in [5, 5.41) is 20.6. The third-order valence-corrected chi connectivity index (χ3v) is 2.11. The van der Waals surface area contributed by atoms with Crippen molar-refractivity contribution < 1.29 is 10.2 Å². The molecule has 2 aromatic carbocycles. The molecule has 0 spiro atoms. The molecule has 0 unspecified atom stereocenters. The Morgan fingerprint density at radius 2 is 1.77 bits per heavy atom. The maximum atomic E-state index is 9.46. The fraction of sp³-hybridized carbons (Fsp3) is 0. The van der Waals surface area contributed by atoms with Gasteiger partial charge in [0.05, 0.1) is 0 Å². The van der Waals surface area contributed by atoms with Crippen molar-refractivity contribution >= 4 is 22.4 Å². The Kier molecular flexibility index (Phi) is 1.78. The average molecular weight is 195 g/mol. The predicted molar refractivity (Wildman–Crippen MR) is 52.3 cm³/mol. The molecule has 0 fully saturated rings. The Labute approximate surface area is 80.0 Å². The number of rotatable bonds is 0. The quantitative estimate of drug-likeness (QED) is 0.677. The summed E-state index contributed by atoms with van der Waals surface area (Å²) >= 11 is 5.76. The first kappa shape index (κ1) is 8.20. The molecule has 66 valence electrons. The minimum absolute atomic E-state index is 0.0394. The number of aromatic hydroxyl groups is 2. The number of phenols is 2. The number of fused-ring (bicyclic) bond motifs is 1. The van der Waals surface area contributed by atoms with Gasteiger partial charge in [-0.3, -0.25) is 0 Å². The SMILES string of the molecule is Oc1cc(O)c2cc(Cl)ccc2c1. The lowest BCUT2D eigenvalue weighted by Crippen LogP contribution is -1.74. The highest BCUT2D eigenvalue weighted by molar-refractivity contribution is 6.31. The molecule has 0 aliphatic carbocycles. The molecule has 0 aliphatic heterocycles. The molecule has 0 bridgehead atoms. The molecule has 3 heteroatoms. The van der Waals surface area contributed by atoms with Crippen LogP contribution in [-0.2, 0) is 0 Å². The Morgan fingerprint density at radius 1 is 1.00 bits per heavy atom. The van der Waals surface area contributed by atoms with Crippen LogP contribution in [-0.4, -0.2) is 10.2 Å². The van der Waals surface area contributed by atoms with Crippen LogP contribution in [0.1, 0.15) is 0 Å². The van der Waals surface area contributed by atoms with Gasteiger partial charge in [-0.2, -0.15) is 0 Å². The Morgan fingerprint density at radius 3 is 2.54 bits per heavy atom. The third kappa shape index (κ3) is 1.40. The van der Waals surface area contributed by atoms with E-state index >= 15 is 0 Å². The van der Waals surface area contributed by atoms with E-state index in [1.54, 1.807) is 24.3 Å². The Hall–Kier alpha value is -1.41. The first-order chi connectivity index (χ1) is 6.16. The van der Waals surface area contributed by atoms with Gasteiger partial charge in [0.2, 0.25) is 0 Å². The molecule has 13 heavy (non-hydrogen) atoms. The molecule has 2 rings (SSSR count). The molecular weight excluding hydrogens is 188 g/mol. The predicted octanol–water partition coefficient (Wildman–Crippen LogP) is 2.90. The summed E-state index contributed by atoms with van der Waals surface area (Å²) in [6.07, 6.45) is 0. The molecule has 0 atom stereocenters. The van der Waals surface area contributed by atoms with Crippen LogP contribution in [0.2, 0.25) is 5.02 Å². The fourth-order valence-corrected chi connectivity index (χ4v) is 1.47. The topological polar surface area (TPSA) is 40.5 Å². The van der Waals surface area contributed by atoms with E-state index in [4.69, 9.17) is 11.6 Å². The monoisotopic (exact) mass is 194 g/mol. The molecule has 0 aromatic heterocycles. The van der Waals surface area contributed by atoms with Crippen molar-refractivity contribution in [1.82, 2.24) is 0 Å². The average Bonchev–Trinajstić information content (AvgIpc) is 2.06. The van der Waals surface area contributed by atoms with Gasteiger partial charge in [0, 0.05) is 16.5 Å². The largest absolute Gasteiger partial charge is 0.508 e. The van der Waals surface area contributed by atoms with Crippen molar-refractivity contribution in [1.29, 1.82) is 0 Å². The zero-order chi connectivity index (χ0) is 9.42. The first-order valence-corrected chi connectivity index (χ1v) is 4.16. The number of benzene rings is 2. The van der Waals surface area contributed by atoms with E-state index in [2.05, 4.69) is 0 Å². The molecule has 2 nitrogen and oxygen atoms in total. The summed E-state index contributed by atoms with van der Waals surface area (Å²) in [4.78, 5) is 0. The minimum atomic E-state index is 0.0394. The lowest BCUT2D eigenvalue weighted by Gasteiger charge is -2.02. The molecule has 0 amide bonds. The van der Waals surface area contributed by atoms with Gasteiger partial charge in [-0.05, 0) is 23.6 Å². The Bertz CT molecular complexity index is 466.